The van der Waals surface area contributed by atoms with Gasteiger partial charge in [0.2, 0.25) is 0 Å². The predicted molar refractivity (Wildman–Crippen MR) is 75.8 cm³/mol. The maximum absolute atomic E-state index is 12.4. The molecule has 1 rings (SSSR count). The number of rotatable bonds is 6. The van der Waals surface area contributed by atoms with Crippen molar-refractivity contribution in [1.82, 2.24) is 9.80 Å². The fourth-order valence-electron chi connectivity index (χ4n) is 2.48. The quantitative estimate of drug-likeness (QED) is 0.744. The van der Waals surface area contributed by atoms with Gasteiger partial charge in [-0.25, -0.2) is 4.79 Å². The summed E-state index contributed by atoms with van der Waals surface area (Å²) in [4.78, 5) is 37.9. The summed E-state index contributed by atoms with van der Waals surface area (Å²) in [5.74, 6) is -1.62. The van der Waals surface area contributed by atoms with Crippen LogP contribution in [0.2, 0.25) is 0 Å². The number of carbonyl (C=O) groups excluding carboxylic acids is 2. The summed E-state index contributed by atoms with van der Waals surface area (Å²) >= 11 is 0. The molecule has 1 N–H and O–H groups in total. The lowest BCUT2D eigenvalue weighted by molar-refractivity contribution is -0.149. The lowest BCUT2D eigenvalue weighted by Crippen LogP contribution is -2.50. The Hall–Kier alpha value is -1.79. The topological polar surface area (TPSA) is 87.2 Å². The molecule has 2 amide bonds. The summed E-state index contributed by atoms with van der Waals surface area (Å²) in [6.07, 6.45) is 2.12. The van der Waals surface area contributed by atoms with Crippen LogP contribution in [-0.4, -0.2) is 65.7 Å². The van der Waals surface area contributed by atoms with E-state index in [4.69, 9.17) is 9.84 Å². The van der Waals surface area contributed by atoms with Gasteiger partial charge in [0, 0.05) is 19.6 Å². The number of amides is 2. The Bertz CT molecular complexity index is 386. The fourth-order valence-corrected chi connectivity index (χ4v) is 2.48. The standard InChI is InChI=1S/C14H24N2O5/c1-3-7-15(10-12(17)18)14(20)16-8-5-6-11(9-16)13(19)21-4-2/h11H,3-10H2,1-2H3,(H,17,18). The minimum absolute atomic E-state index is 0.282. The molecular formula is C14H24N2O5. The number of ether oxygens (including phenoxy) is 1. The smallest absolute Gasteiger partial charge is 0.323 e. The molecule has 0 aromatic rings. The van der Waals surface area contributed by atoms with Crippen molar-refractivity contribution in [3.05, 3.63) is 0 Å². The van der Waals surface area contributed by atoms with E-state index < -0.39 is 5.97 Å². The Balaban J connectivity index is 2.66. The highest BCUT2D eigenvalue weighted by Crippen LogP contribution is 2.19. The van der Waals surface area contributed by atoms with E-state index >= 15 is 0 Å². The molecule has 0 spiro atoms. The van der Waals surface area contributed by atoms with Crippen LogP contribution in [0.5, 0.6) is 0 Å². The molecule has 0 aromatic carbocycles. The van der Waals surface area contributed by atoms with Gasteiger partial charge in [-0.15, -0.1) is 0 Å². The van der Waals surface area contributed by atoms with Gasteiger partial charge in [0.1, 0.15) is 6.54 Å². The number of hydrogen-bond acceptors (Lipinski definition) is 4. The summed E-state index contributed by atoms with van der Waals surface area (Å²) in [5, 5.41) is 8.88. The second-order valence-electron chi connectivity index (χ2n) is 5.14. The maximum atomic E-state index is 12.4. The Labute approximate surface area is 124 Å². The molecule has 1 unspecified atom stereocenters. The van der Waals surface area contributed by atoms with Crippen molar-refractivity contribution in [2.24, 2.45) is 5.92 Å². The monoisotopic (exact) mass is 300 g/mol. The van der Waals surface area contributed by atoms with Crippen LogP contribution in [0.15, 0.2) is 0 Å². The molecular weight excluding hydrogens is 276 g/mol. The third kappa shape index (κ3) is 5.24. The highest BCUT2D eigenvalue weighted by atomic mass is 16.5. The maximum Gasteiger partial charge on any atom is 0.323 e. The van der Waals surface area contributed by atoms with Gasteiger partial charge in [0.05, 0.1) is 12.5 Å². The van der Waals surface area contributed by atoms with E-state index in [1.807, 2.05) is 6.92 Å². The van der Waals surface area contributed by atoms with Gasteiger partial charge < -0.3 is 19.6 Å². The Morgan fingerprint density at radius 2 is 2.05 bits per heavy atom. The number of urea groups is 1. The van der Waals surface area contributed by atoms with Crippen molar-refractivity contribution in [3.8, 4) is 0 Å². The molecule has 7 nitrogen and oxygen atoms in total. The number of esters is 1. The lowest BCUT2D eigenvalue weighted by atomic mass is 9.98. The third-order valence-corrected chi connectivity index (χ3v) is 3.40. The van der Waals surface area contributed by atoms with Crippen molar-refractivity contribution in [3.63, 3.8) is 0 Å². The molecule has 1 saturated heterocycles. The van der Waals surface area contributed by atoms with Crippen LogP contribution >= 0.6 is 0 Å². The van der Waals surface area contributed by atoms with E-state index in [1.54, 1.807) is 11.8 Å². The van der Waals surface area contributed by atoms with Gasteiger partial charge in [-0.05, 0) is 26.2 Å². The van der Waals surface area contributed by atoms with Crippen LogP contribution < -0.4 is 0 Å². The molecule has 0 aliphatic carbocycles. The van der Waals surface area contributed by atoms with Gasteiger partial charge in [-0.2, -0.15) is 0 Å². The van der Waals surface area contributed by atoms with Crippen molar-refractivity contribution < 1.29 is 24.2 Å². The SMILES string of the molecule is CCCN(CC(=O)O)C(=O)N1CCCC(C(=O)OCC)C1. The molecule has 120 valence electrons. The summed E-state index contributed by atoms with van der Waals surface area (Å²) < 4.78 is 5.00. The van der Waals surface area contributed by atoms with E-state index in [0.717, 1.165) is 6.42 Å². The van der Waals surface area contributed by atoms with Crippen LogP contribution in [0, 0.1) is 5.92 Å². The number of carboxylic acids is 1. The normalized spacial score (nSPS) is 18.2. The number of likely N-dealkylation sites (tertiary alicyclic amines) is 1. The van der Waals surface area contributed by atoms with E-state index in [0.29, 0.717) is 39.1 Å². The first-order valence-corrected chi connectivity index (χ1v) is 7.41. The predicted octanol–water partition coefficient (Wildman–Crippen LogP) is 1.18. The van der Waals surface area contributed by atoms with E-state index in [2.05, 4.69) is 0 Å². The number of piperidine rings is 1. The van der Waals surface area contributed by atoms with Crippen molar-refractivity contribution in [1.29, 1.82) is 0 Å². The zero-order valence-electron chi connectivity index (χ0n) is 12.7. The van der Waals surface area contributed by atoms with Crippen LogP contribution in [0.1, 0.15) is 33.1 Å². The minimum atomic E-state index is -1.03. The number of carboxylic acid groups (broad SMARTS) is 1. The summed E-state index contributed by atoms with van der Waals surface area (Å²) in [5.41, 5.74) is 0. The Morgan fingerprint density at radius 3 is 2.62 bits per heavy atom. The molecule has 1 atom stereocenters. The minimum Gasteiger partial charge on any atom is -0.480 e. The fraction of sp³-hybridized carbons (Fsp3) is 0.786. The van der Waals surface area contributed by atoms with E-state index in [9.17, 15) is 14.4 Å². The molecule has 1 aliphatic heterocycles. The van der Waals surface area contributed by atoms with Crippen LogP contribution in [0.25, 0.3) is 0 Å². The molecule has 1 fully saturated rings. The van der Waals surface area contributed by atoms with Gasteiger partial charge in [-0.1, -0.05) is 6.92 Å². The summed E-state index contributed by atoms with van der Waals surface area (Å²) in [6, 6.07) is -0.312. The first kappa shape index (κ1) is 17.3. The zero-order chi connectivity index (χ0) is 15.8. The Kier molecular flexibility index (Phi) is 6.98. The number of hydrogen-bond donors (Lipinski definition) is 1. The average Bonchev–Trinajstić information content (AvgIpc) is 2.46. The van der Waals surface area contributed by atoms with Crippen LogP contribution in [0.3, 0.4) is 0 Å². The Morgan fingerprint density at radius 1 is 1.33 bits per heavy atom. The van der Waals surface area contributed by atoms with Gasteiger partial charge in [-0.3, -0.25) is 9.59 Å². The summed E-state index contributed by atoms with van der Waals surface area (Å²) in [6.45, 7) is 4.90. The molecule has 21 heavy (non-hydrogen) atoms. The number of carbonyl (C=O) groups is 3. The average molecular weight is 300 g/mol. The molecule has 1 heterocycles. The number of aliphatic carboxylic acids is 1. The summed E-state index contributed by atoms with van der Waals surface area (Å²) in [7, 11) is 0. The van der Waals surface area contributed by atoms with Gasteiger partial charge in [0.15, 0.2) is 0 Å². The molecule has 0 radical (unpaired) electrons. The second kappa shape index (κ2) is 8.49. The van der Waals surface area contributed by atoms with Gasteiger partial charge in [0.25, 0.3) is 0 Å². The van der Waals surface area contributed by atoms with Crippen LogP contribution in [-0.2, 0) is 14.3 Å². The van der Waals surface area contributed by atoms with E-state index in [1.165, 1.54) is 4.90 Å². The first-order chi connectivity index (χ1) is 9.99. The highest BCUT2D eigenvalue weighted by Gasteiger charge is 2.31. The van der Waals surface area contributed by atoms with Crippen molar-refractivity contribution in [2.75, 3.05) is 32.8 Å². The zero-order valence-corrected chi connectivity index (χ0v) is 12.7. The largest absolute Gasteiger partial charge is 0.480 e. The van der Waals surface area contributed by atoms with Crippen molar-refractivity contribution in [2.45, 2.75) is 33.1 Å². The van der Waals surface area contributed by atoms with Crippen molar-refractivity contribution >= 4 is 18.0 Å². The molecule has 0 saturated carbocycles. The lowest BCUT2D eigenvalue weighted by Gasteiger charge is -2.35. The van der Waals surface area contributed by atoms with E-state index in [-0.39, 0.29) is 24.5 Å². The highest BCUT2D eigenvalue weighted by molar-refractivity contribution is 5.81. The second-order valence-corrected chi connectivity index (χ2v) is 5.14. The molecule has 0 bridgehead atoms. The van der Waals surface area contributed by atoms with Crippen LogP contribution in [0.4, 0.5) is 4.79 Å². The first-order valence-electron chi connectivity index (χ1n) is 7.41. The number of nitrogens with zero attached hydrogens (tertiary/aromatic N) is 2. The van der Waals surface area contributed by atoms with Gasteiger partial charge >= 0.3 is 18.0 Å². The third-order valence-electron chi connectivity index (χ3n) is 3.40. The molecule has 1 aliphatic rings. The molecule has 0 aromatic heterocycles. The molecule has 7 heteroatoms.